The van der Waals surface area contributed by atoms with Gasteiger partial charge in [0.05, 0.1) is 7.11 Å². The van der Waals surface area contributed by atoms with E-state index in [2.05, 4.69) is 24.1 Å². The van der Waals surface area contributed by atoms with Gasteiger partial charge in [-0.1, -0.05) is 41.9 Å². The minimum atomic E-state index is 0.188. The van der Waals surface area contributed by atoms with E-state index < -0.39 is 0 Å². The molecule has 2 N–H and O–H groups in total. The first-order chi connectivity index (χ1) is 10.7. The van der Waals surface area contributed by atoms with E-state index in [-0.39, 0.29) is 12.0 Å². The number of methoxy groups -OCH3 is 1. The van der Waals surface area contributed by atoms with Crippen LogP contribution in [0.1, 0.15) is 28.7 Å². The average molecular weight is 317 g/mol. The largest absolute Gasteiger partial charge is 0.496 e. The number of hydrogen-bond acceptors (Lipinski definition) is 3. The number of para-hydroxylation sites is 1. The van der Waals surface area contributed by atoms with E-state index in [9.17, 15) is 0 Å². The van der Waals surface area contributed by atoms with Gasteiger partial charge in [0.2, 0.25) is 0 Å². The molecule has 1 aliphatic rings. The maximum absolute atomic E-state index is 6.55. The molecule has 0 radical (unpaired) electrons. The highest BCUT2D eigenvalue weighted by Gasteiger charge is 2.33. The molecule has 0 aliphatic carbocycles. The average Bonchev–Trinajstić information content (AvgIpc) is 2.54. The van der Waals surface area contributed by atoms with Gasteiger partial charge in [0, 0.05) is 35.6 Å². The third kappa shape index (κ3) is 2.50. The fraction of sp³-hybridized carbons (Fsp3) is 0.333. The van der Waals surface area contributed by atoms with Gasteiger partial charge in [-0.2, -0.15) is 0 Å². The molecule has 3 nitrogen and oxygen atoms in total. The summed E-state index contributed by atoms with van der Waals surface area (Å²) in [5.74, 6) is 1.09. The maximum Gasteiger partial charge on any atom is 0.122 e. The predicted molar refractivity (Wildman–Crippen MR) is 90.7 cm³/mol. The third-order valence-corrected chi connectivity index (χ3v) is 4.86. The van der Waals surface area contributed by atoms with Crippen molar-refractivity contribution in [3.05, 3.63) is 64.2 Å². The zero-order valence-corrected chi connectivity index (χ0v) is 13.7. The molecule has 22 heavy (non-hydrogen) atoms. The fourth-order valence-corrected chi connectivity index (χ4v) is 3.78. The van der Waals surface area contributed by atoms with Crippen LogP contribution >= 0.6 is 11.6 Å². The van der Waals surface area contributed by atoms with Gasteiger partial charge in [0.25, 0.3) is 0 Å². The molecule has 2 aromatic carbocycles. The number of nitrogens with two attached hydrogens (primary N) is 1. The molecule has 0 spiro atoms. The number of fused-ring (bicyclic) bond motifs is 1. The molecule has 2 atom stereocenters. The topological polar surface area (TPSA) is 38.5 Å². The van der Waals surface area contributed by atoms with Crippen LogP contribution in [0, 0.1) is 0 Å². The predicted octanol–water partition coefficient (Wildman–Crippen LogP) is 3.43. The van der Waals surface area contributed by atoms with Crippen LogP contribution < -0.4 is 10.5 Å². The Labute approximate surface area is 136 Å². The summed E-state index contributed by atoms with van der Waals surface area (Å²) in [6, 6.07) is 14.5. The number of nitrogens with zero attached hydrogens (tertiary/aromatic N) is 1. The van der Waals surface area contributed by atoms with E-state index in [1.807, 2.05) is 30.3 Å². The van der Waals surface area contributed by atoms with Crippen molar-refractivity contribution in [3.8, 4) is 5.75 Å². The SMILES string of the molecule is COc1ccccc1C1CN(C)C(CN)c2cccc(Cl)c21. The van der Waals surface area contributed by atoms with Crippen molar-refractivity contribution in [1.29, 1.82) is 0 Å². The van der Waals surface area contributed by atoms with Crippen LogP contribution in [-0.2, 0) is 0 Å². The number of halogens is 1. The van der Waals surface area contributed by atoms with E-state index in [0.717, 1.165) is 17.3 Å². The lowest BCUT2D eigenvalue weighted by molar-refractivity contribution is 0.222. The molecule has 2 aromatic rings. The zero-order chi connectivity index (χ0) is 15.7. The monoisotopic (exact) mass is 316 g/mol. The summed E-state index contributed by atoms with van der Waals surface area (Å²) in [4.78, 5) is 2.30. The van der Waals surface area contributed by atoms with Crippen molar-refractivity contribution < 1.29 is 4.74 Å². The Morgan fingerprint density at radius 2 is 1.91 bits per heavy atom. The summed E-state index contributed by atoms with van der Waals surface area (Å²) in [7, 11) is 3.82. The van der Waals surface area contributed by atoms with Crippen molar-refractivity contribution in [2.75, 3.05) is 27.2 Å². The molecule has 0 amide bonds. The lowest BCUT2D eigenvalue weighted by atomic mass is 9.81. The molecule has 4 heteroatoms. The van der Waals surface area contributed by atoms with Gasteiger partial charge in [-0.25, -0.2) is 0 Å². The first-order valence-electron chi connectivity index (χ1n) is 7.49. The highest BCUT2D eigenvalue weighted by Crippen LogP contribution is 2.44. The first kappa shape index (κ1) is 15.3. The lowest BCUT2D eigenvalue weighted by Gasteiger charge is -2.39. The van der Waals surface area contributed by atoms with Gasteiger partial charge in [-0.3, -0.25) is 4.90 Å². The molecule has 116 valence electrons. The second-order valence-electron chi connectivity index (χ2n) is 5.73. The van der Waals surface area contributed by atoms with E-state index in [1.54, 1.807) is 7.11 Å². The molecule has 0 aromatic heterocycles. The van der Waals surface area contributed by atoms with Crippen LogP contribution in [0.3, 0.4) is 0 Å². The van der Waals surface area contributed by atoms with Crippen LogP contribution in [0.25, 0.3) is 0 Å². The Morgan fingerprint density at radius 3 is 2.64 bits per heavy atom. The molecule has 0 bridgehead atoms. The summed E-state index contributed by atoms with van der Waals surface area (Å²) in [6.45, 7) is 1.46. The quantitative estimate of drug-likeness (QED) is 0.943. The van der Waals surface area contributed by atoms with Crippen molar-refractivity contribution in [1.82, 2.24) is 4.90 Å². The number of likely N-dealkylation sites (N-methyl/N-ethyl adjacent to an activating group) is 1. The van der Waals surface area contributed by atoms with Gasteiger partial charge >= 0.3 is 0 Å². The molecule has 2 unspecified atom stereocenters. The number of benzene rings is 2. The van der Waals surface area contributed by atoms with Gasteiger partial charge in [-0.05, 0) is 30.3 Å². The molecule has 1 heterocycles. The summed E-state index contributed by atoms with van der Waals surface area (Å²) in [5, 5.41) is 0.806. The van der Waals surface area contributed by atoms with Crippen LogP contribution in [0.15, 0.2) is 42.5 Å². The summed E-state index contributed by atoms with van der Waals surface area (Å²) in [6.07, 6.45) is 0. The number of ether oxygens (including phenoxy) is 1. The second kappa shape index (κ2) is 6.29. The van der Waals surface area contributed by atoms with Crippen LogP contribution in [0.4, 0.5) is 0 Å². The summed E-state index contributed by atoms with van der Waals surface area (Å²) in [5.41, 5.74) is 9.56. The van der Waals surface area contributed by atoms with Crippen LogP contribution in [0.2, 0.25) is 5.02 Å². The Balaban J connectivity index is 2.18. The Hall–Kier alpha value is -1.55. The third-order valence-electron chi connectivity index (χ3n) is 4.53. The van der Waals surface area contributed by atoms with E-state index >= 15 is 0 Å². The van der Waals surface area contributed by atoms with Crippen molar-refractivity contribution >= 4 is 11.6 Å². The Morgan fingerprint density at radius 1 is 1.18 bits per heavy atom. The first-order valence-corrected chi connectivity index (χ1v) is 7.86. The molecule has 0 saturated carbocycles. The number of rotatable bonds is 3. The molecular weight excluding hydrogens is 296 g/mol. The van der Waals surface area contributed by atoms with Crippen molar-refractivity contribution in [2.45, 2.75) is 12.0 Å². The minimum Gasteiger partial charge on any atom is -0.496 e. The summed E-state index contributed by atoms with van der Waals surface area (Å²) < 4.78 is 5.56. The fourth-order valence-electron chi connectivity index (χ4n) is 3.47. The standard InChI is InChI=1S/C18H21ClN2O/c1-21-11-14(12-6-3-4-9-17(12)22-2)18-13(16(21)10-20)7-5-8-15(18)19/h3-9,14,16H,10-11,20H2,1-2H3. The Bertz CT molecular complexity index is 674. The van der Waals surface area contributed by atoms with Gasteiger partial charge in [0.15, 0.2) is 0 Å². The van der Waals surface area contributed by atoms with E-state index in [1.165, 1.54) is 16.7 Å². The van der Waals surface area contributed by atoms with Crippen molar-refractivity contribution in [2.24, 2.45) is 5.73 Å². The highest BCUT2D eigenvalue weighted by molar-refractivity contribution is 6.31. The molecule has 0 fully saturated rings. The van der Waals surface area contributed by atoms with Gasteiger partial charge in [-0.15, -0.1) is 0 Å². The van der Waals surface area contributed by atoms with Crippen LogP contribution in [-0.4, -0.2) is 32.1 Å². The normalized spacial score (nSPS) is 21.5. The number of hydrogen-bond donors (Lipinski definition) is 1. The maximum atomic E-state index is 6.55. The molecule has 0 saturated heterocycles. The molecule has 3 rings (SSSR count). The van der Waals surface area contributed by atoms with E-state index in [4.69, 9.17) is 22.1 Å². The smallest absolute Gasteiger partial charge is 0.122 e. The van der Waals surface area contributed by atoms with E-state index in [0.29, 0.717) is 6.54 Å². The highest BCUT2D eigenvalue weighted by atomic mass is 35.5. The van der Waals surface area contributed by atoms with Gasteiger partial charge in [0.1, 0.15) is 5.75 Å². The van der Waals surface area contributed by atoms with Crippen molar-refractivity contribution in [3.63, 3.8) is 0 Å². The zero-order valence-electron chi connectivity index (χ0n) is 12.9. The summed E-state index contributed by atoms with van der Waals surface area (Å²) >= 11 is 6.55. The second-order valence-corrected chi connectivity index (χ2v) is 6.14. The molecular formula is C18H21ClN2O. The van der Waals surface area contributed by atoms with Gasteiger partial charge < -0.3 is 10.5 Å². The molecule has 1 aliphatic heterocycles. The minimum absolute atomic E-state index is 0.188. The Kier molecular flexibility index (Phi) is 4.39. The van der Waals surface area contributed by atoms with Crippen LogP contribution in [0.5, 0.6) is 5.75 Å². The lowest BCUT2D eigenvalue weighted by Crippen LogP contribution is -2.39.